The van der Waals surface area contributed by atoms with Crippen molar-refractivity contribution in [3.63, 3.8) is 0 Å². The number of hydrogen-bond donors (Lipinski definition) is 2. The van der Waals surface area contributed by atoms with Crippen molar-refractivity contribution in [3.05, 3.63) is 88.6 Å². The molecular weight excluding hydrogens is 346 g/mol. The minimum atomic E-state index is -0.367. The van der Waals surface area contributed by atoms with Crippen LogP contribution in [0.3, 0.4) is 0 Å². The molecule has 0 aliphatic rings. The molecule has 0 radical (unpaired) electrons. The molecule has 0 bridgehead atoms. The van der Waals surface area contributed by atoms with Gasteiger partial charge in [-0.15, -0.1) is 0 Å². The zero-order valence-corrected chi connectivity index (χ0v) is 14.5. The Kier molecular flexibility index (Phi) is 5.96. The summed E-state index contributed by atoms with van der Waals surface area (Å²) in [5.74, 6) is -0.194. The molecule has 0 saturated heterocycles. The van der Waals surface area contributed by atoms with E-state index in [1.54, 1.807) is 18.3 Å². The van der Waals surface area contributed by atoms with E-state index in [1.165, 1.54) is 23.0 Å². The van der Waals surface area contributed by atoms with Crippen LogP contribution < -0.4 is 15.5 Å². The third-order valence-corrected chi connectivity index (χ3v) is 3.84. The number of rotatable bonds is 7. The second-order valence-electron chi connectivity index (χ2n) is 5.84. The van der Waals surface area contributed by atoms with Gasteiger partial charge in [0.05, 0.1) is 24.7 Å². The highest BCUT2D eigenvalue weighted by Gasteiger charge is 2.11. The number of nitrogens with zero attached hydrogens (tertiary/aromatic N) is 2. The van der Waals surface area contributed by atoms with Crippen LogP contribution in [-0.4, -0.2) is 20.6 Å². The summed E-state index contributed by atoms with van der Waals surface area (Å²) in [6, 6.07) is 14.2. The number of carbonyl (C=O) groups excluding carboxylic acids is 1. The van der Waals surface area contributed by atoms with E-state index >= 15 is 0 Å². The SMILES string of the molecule is O=C(Cn1cc(OCc2ccccc2)c(=O)cc1CO)Nc1cccnc1. The van der Waals surface area contributed by atoms with Crippen LogP contribution >= 0.6 is 0 Å². The molecule has 7 nitrogen and oxygen atoms in total. The van der Waals surface area contributed by atoms with E-state index in [4.69, 9.17) is 4.74 Å². The van der Waals surface area contributed by atoms with Gasteiger partial charge < -0.3 is 19.7 Å². The van der Waals surface area contributed by atoms with E-state index in [0.717, 1.165) is 5.56 Å². The average Bonchev–Trinajstić information content (AvgIpc) is 2.69. The van der Waals surface area contributed by atoms with Gasteiger partial charge in [-0.25, -0.2) is 0 Å². The number of anilines is 1. The highest BCUT2D eigenvalue weighted by Crippen LogP contribution is 2.11. The van der Waals surface area contributed by atoms with Crippen LogP contribution in [0.5, 0.6) is 5.75 Å². The molecule has 0 saturated carbocycles. The molecule has 0 fully saturated rings. The van der Waals surface area contributed by atoms with Gasteiger partial charge in [-0.2, -0.15) is 0 Å². The number of nitrogens with one attached hydrogen (secondary N) is 1. The van der Waals surface area contributed by atoms with E-state index in [2.05, 4.69) is 10.3 Å². The fourth-order valence-electron chi connectivity index (χ4n) is 2.51. The lowest BCUT2D eigenvalue weighted by Crippen LogP contribution is -2.23. The first-order chi connectivity index (χ1) is 13.2. The van der Waals surface area contributed by atoms with Gasteiger partial charge in [0.1, 0.15) is 13.2 Å². The topological polar surface area (TPSA) is 93.5 Å². The highest BCUT2D eigenvalue weighted by molar-refractivity contribution is 5.90. The molecule has 2 heterocycles. The van der Waals surface area contributed by atoms with Crippen LogP contribution in [0.15, 0.2) is 71.9 Å². The lowest BCUT2D eigenvalue weighted by molar-refractivity contribution is -0.116. The van der Waals surface area contributed by atoms with Gasteiger partial charge in [-0.1, -0.05) is 30.3 Å². The summed E-state index contributed by atoms with van der Waals surface area (Å²) in [5.41, 5.74) is 1.46. The predicted octanol–water partition coefficient (Wildman–Crippen LogP) is 1.95. The van der Waals surface area contributed by atoms with Gasteiger partial charge in [-0.3, -0.25) is 14.6 Å². The molecule has 2 N–H and O–H groups in total. The number of benzene rings is 1. The van der Waals surface area contributed by atoms with Gasteiger partial charge >= 0.3 is 0 Å². The summed E-state index contributed by atoms with van der Waals surface area (Å²) in [6.07, 6.45) is 4.59. The molecule has 3 aromatic rings. The van der Waals surface area contributed by atoms with E-state index in [9.17, 15) is 14.7 Å². The molecule has 1 amide bonds. The highest BCUT2D eigenvalue weighted by atomic mass is 16.5. The average molecular weight is 365 g/mol. The smallest absolute Gasteiger partial charge is 0.244 e. The molecule has 2 aromatic heterocycles. The zero-order chi connectivity index (χ0) is 19.1. The Morgan fingerprint density at radius 1 is 1.19 bits per heavy atom. The number of aliphatic hydroxyl groups excluding tert-OH is 1. The minimum Gasteiger partial charge on any atom is -0.483 e. The Labute approximate surface area is 155 Å². The fraction of sp³-hybridized carbons (Fsp3) is 0.150. The number of pyridine rings is 2. The van der Waals surface area contributed by atoms with Crippen molar-refractivity contribution >= 4 is 11.6 Å². The quantitative estimate of drug-likeness (QED) is 0.668. The van der Waals surface area contributed by atoms with Crippen molar-refractivity contribution in [1.82, 2.24) is 9.55 Å². The summed E-state index contributed by atoms with van der Waals surface area (Å²) in [5, 5.41) is 12.2. The predicted molar refractivity (Wildman–Crippen MR) is 100 cm³/mol. The molecule has 0 aliphatic carbocycles. The van der Waals surface area contributed by atoms with Crippen molar-refractivity contribution in [3.8, 4) is 5.75 Å². The van der Waals surface area contributed by atoms with Gasteiger partial charge in [0.15, 0.2) is 5.75 Å². The molecule has 1 aromatic carbocycles. The first-order valence-electron chi connectivity index (χ1n) is 8.36. The van der Waals surface area contributed by atoms with Crippen molar-refractivity contribution < 1.29 is 14.6 Å². The second kappa shape index (κ2) is 8.77. The van der Waals surface area contributed by atoms with Crippen LogP contribution in [0.1, 0.15) is 11.3 Å². The van der Waals surface area contributed by atoms with Crippen LogP contribution in [0.2, 0.25) is 0 Å². The number of amides is 1. The summed E-state index contributed by atoms with van der Waals surface area (Å²) in [4.78, 5) is 28.4. The van der Waals surface area contributed by atoms with E-state index in [1.807, 2.05) is 30.3 Å². The Bertz CT molecular complexity index is 956. The largest absolute Gasteiger partial charge is 0.483 e. The standard InChI is InChI=1S/C20H19N3O4/c24-13-17-9-18(25)19(27-14-15-5-2-1-3-6-15)11-23(17)12-20(26)22-16-7-4-8-21-10-16/h1-11,24H,12-14H2,(H,22,26). The summed E-state index contributed by atoms with van der Waals surface area (Å²) in [7, 11) is 0. The normalized spacial score (nSPS) is 10.4. The lowest BCUT2D eigenvalue weighted by Gasteiger charge is -2.14. The van der Waals surface area contributed by atoms with Crippen molar-refractivity contribution in [2.75, 3.05) is 5.32 Å². The third-order valence-electron chi connectivity index (χ3n) is 3.84. The third kappa shape index (κ3) is 5.02. The van der Waals surface area contributed by atoms with Gasteiger partial charge in [0.2, 0.25) is 11.3 Å². The molecule has 0 atom stereocenters. The molecule has 138 valence electrons. The number of hydrogen-bond acceptors (Lipinski definition) is 5. The van der Waals surface area contributed by atoms with Gasteiger partial charge in [0.25, 0.3) is 0 Å². The lowest BCUT2D eigenvalue weighted by atomic mass is 10.2. The van der Waals surface area contributed by atoms with Gasteiger partial charge in [0, 0.05) is 18.0 Å². The van der Waals surface area contributed by atoms with Crippen LogP contribution in [0, 0.1) is 0 Å². The van der Waals surface area contributed by atoms with E-state index in [0.29, 0.717) is 11.4 Å². The Morgan fingerprint density at radius 3 is 2.70 bits per heavy atom. The molecule has 3 rings (SSSR count). The van der Waals surface area contributed by atoms with Crippen molar-refractivity contribution in [2.24, 2.45) is 0 Å². The van der Waals surface area contributed by atoms with Crippen LogP contribution in [0.4, 0.5) is 5.69 Å². The van der Waals surface area contributed by atoms with Gasteiger partial charge in [-0.05, 0) is 17.7 Å². The zero-order valence-electron chi connectivity index (χ0n) is 14.5. The van der Waals surface area contributed by atoms with Crippen molar-refractivity contribution in [2.45, 2.75) is 19.8 Å². The van der Waals surface area contributed by atoms with Crippen LogP contribution in [-0.2, 0) is 24.6 Å². The maximum Gasteiger partial charge on any atom is 0.244 e. The Hall–Kier alpha value is -3.45. The number of aromatic nitrogens is 2. The molecule has 27 heavy (non-hydrogen) atoms. The first-order valence-corrected chi connectivity index (χ1v) is 8.36. The molecule has 0 unspecified atom stereocenters. The fourth-order valence-corrected chi connectivity index (χ4v) is 2.51. The summed E-state index contributed by atoms with van der Waals surface area (Å²) < 4.78 is 7.10. The van der Waals surface area contributed by atoms with Crippen LogP contribution in [0.25, 0.3) is 0 Å². The second-order valence-corrected chi connectivity index (χ2v) is 5.84. The number of carbonyl (C=O) groups is 1. The summed E-state index contributed by atoms with van der Waals surface area (Å²) >= 11 is 0. The number of aliphatic hydroxyl groups is 1. The first kappa shape index (κ1) is 18.3. The van der Waals surface area contributed by atoms with E-state index in [-0.39, 0.29) is 36.8 Å². The van der Waals surface area contributed by atoms with E-state index < -0.39 is 0 Å². The number of ether oxygens (including phenoxy) is 1. The molecule has 0 aliphatic heterocycles. The molecule has 7 heteroatoms. The van der Waals surface area contributed by atoms with Crippen molar-refractivity contribution in [1.29, 1.82) is 0 Å². The molecular formula is C20H19N3O4. The maximum absolute atomic E-state index is 12.3. The maximum atomic E-state index is 12.3. The minimum absolute atomic E-state index is 0.0766. The molecule has 0 spiro atoms. The Morgan fingerprint density at radius 2 is 2.00 bits per heavy atom. The monoisotopic (exact) mass is 365 g/mol. The summed E-state index contributed by atoms with van der Waals surface area (Å²) in [6.45, 7) is -0.211. The Balaban J connectivity index is 1.75.